The number of aryl methyl sites for hydroxylation is 3. The van der Waals surface area contributed by atoms with Gasteiger partial charge in [0.25, 0.3) is 0 Å². The summed E-state index contributed by atoms with van der Waals surface area (Å²) >= 11 is 1.71. The third-order valence-electron chi connectivity index (χ3n) is 3.52. The van der Waals surface area contributed by atoms with Crippen LogP contribution in [0.5, 0.6) is 0 Å². The molecule has 0 saturated carbocycles. The Hall–Kier alpha value is -1.87. The van der Waals surface area contributed by atoms with Gasteiger partial charge in [0.15, 0.2) is 5.13 Å². The molecule has 0 amide bonds. The number of benzene rings is 2. The molecule has 3 rings (SSSR count). The Labute approximate surface area is 123 Å². The van der Waals surface area contributed by atoms with E-state index in [0.29, 0.717) is 0 Å². The lowest BCUT2D eigenvalue weighted by Crippen LogP contribution is -1.97. The predicted octanol–water partition coefficient (Wildman–Crippen LogP) is 5.22. The van der Waals surface area contributed by atoms with Gasteiger partial charge in [-0.3, -0.25) is 0 Å². The lowest BCUT2D eigenvalue weighted by Gasteiger charge is -2.11. The van der Waals surface area contributed by atoms with E-state index in [4.69, 9.17) is 0 Å². The summed E-state index contributed by atoms with van der Waals surface area (Å²) in [5.41, 5.74) is 6.14. The van der Waals surface area contributed by atoms with E-state index in [1.165, 1.54) is 27.1 Å². The van der Waals surface area contributed by atoms with Crippen molar-refractivity contribution in [3.05, 3.63) is 53.1 Å². The first kappa shape index (κ1) is 13.1. The molecule has 2 aromatic carbocycles. The Balaban J connectivity index is 2.01. The molecule has 0 aliphatic carbocycles. The van der Waals surface area contributed by atoms with Gasteiger partial charge >= 0.3 is 0 Å². The molecule has 20 heavy (non-hydrogen) atoms. The summed E-state index contributed by atoms with van der Waals surface area (Å²) in [5, 5.41) is 4.48. The summed E-state index contributed by atoms with van der Waals surface area (Å²) in [6.45, 7) is 6.43. The van der Waals surface area contributed by atoms with Crippen molar-refractivity contribution in [1.29, 1.82) is 0 Å². The second kappa shape index (κ2) is 5.25. The van der Waals surface area contributed by atoms with Gasteiger partial charge in [-0.05, 0) is 49.1 Å². The van der Waals surface area contributed by atoms with E-state index in [2.05, 4.69) is 67.5 Å². The quantitative estimate of drug-likeness (QED) is 0.712. The normalized spacial score (nSPS) is 10.9. The molecule has 0 unspecified atom stereocenters. The molecule has 1 N–H and O–H groups in total. The lowest BCUT2D eigenvalue weighted by molar-refractivity contribution is 1.13. The van der Waals surface area contributed by atoms with Crippen molar-refractivity contribution >= 4 is 32.4 Å². The molecule has 3 heteroatoms. The Morgan fingerprint density at radius 2 is 2.00 bits per heavy atom. The van der Waals surface area contributed by atoms with Crippen LogP contribution in [0.2, 0.25) is 0 Å². The van der Waals surface area contributed by atoms with Crippen LogP contribution in [0.1, 0.15) is 23.6 Å². The largest absolute Gasteiger partial charge is 0.331 e. The highest BCUT2D eigenvalue weighted by atomic mass is 32.1. The van der Waals surface area contributed by atoms with E-state index in [9.17, 15) is 0 Å². The standard InChI is InChI=1S/C17H18N2S/c1-4-13-7-5-6-12(3)16(13)19-17-18-14-9-8-11(2)10-15(14)20-17/h5-10H,4H2,1-3H3,(H,18,19). The zero-order valence-corrected chi connectivity index (χ0v) is 12.8. The first-order valence-electron chi connectivity index (χ1n) is 6.90. The highest BCUT2D eigenvalue weighted by molar-refractivity contribution is 7.22. The molecule has 0 atom stereocenters. The zero-order chi connectivity index (χ0) is 14.1. The molecular weight excluding hydrogens is 264 g/mol. The molecule has 0 fully saturated rings. The maximum absolute atomic E-state index is 4.67. The first-order valence-corrected chi connectivity index (χ1v) is 7.71. The second-order valence-electron chi connectivity index (χ2n) is 5.08. The minimum absolute atomic E-state index is 0.967. The van der Waals surface area contributed by atoms with E-state index < -0.39 is 0 Å². The number of nitrogens with one attached hydrogen (secondary N) is 1. The van der Waals surface area contributed by atoms with Crippen LogP contribution in [-0.2, 0) is 6.42 Å². The topological polar surface area (TPSA) is 24.9 Å². The van der Waals surface area contributed by atoms with Crippen LogP contribution in [0.15, 0.2) is 36.4 Å². The van der Waals surface area contributed by atoms with Crippen molar-refractivity contribution in [3.8, 4) is 0 Å². The van der Waals surface area contributed by atoms with Crippen LogP contribution >= 0.6 is 11.3 Å². The van der Waals surface area contributed by atoms with E-state index in [1.54, 1.807) is 11.3 Å². The third-order valence-corrected chi connectivity index (χ3v) is 4.45. The monoisotopic (exact) mass is 282 g/mol. The van der Waals surface area contributed by atoms with Crippen LogP contribution < -0.4 is 5.32 Å². The van der Waals surface area contributed by atoms with E-state index in [-0.39, 0.29) is 0 Å². The number of para-hydroxylation sites is 1. The molecule has 1 heterocycles. The van der Waals surface area contributed by atoms with Crippen molar-refractivity contribution in [2.45, 2.75) is 27.2 Å². The Morgan fingerprint density at radius 1 is 1.15 bits per heavy atom. The van der Waals surface area contributed by atoms with Crippen LogP contribution in [0.4, 0.5) is 10.8 Å². The Morgan fingerprint density at radius 3 is 2.80 bits per heavy atom. The number of nitrogens with zero attached hydrogens (tertiary/aromatic N) is 1. The number of aromatic nitrogens is 1. The molecular formula is C17H18N2S. The average Bonchev–Trinajstić information content (AvgIpc) is 2.82. The van der Waals surface area contributed by atoms with Crippen molar-refractivity contribution in [3.63, 3.8) is 0 Å². The molecule has 0 bridgehead atoms. The van der Waals surface area contributed by atoms with Crippen LogP contribution in [0.25, 0.3) is 10.2 Å². The molecule has 102 valence electrons. The zero-order valence-electron chi connectivity index (χ0n) is 12.0. The maximum Gasteiger partial charge on any atom is 0.188 e. The van der Waals surface area contributed by atoms with Gasteiger partial charge in [-0.15, -0.1) is 0 Å². The van der Waals surface area contributed by atoms with E-state index in [0.717, 1.165) is 17.1 Å². The van der Waals surface area contributed by atoms with Gasteiger partial charge in [-0.2, -0.15) is 0 Å². The molecule has 0 radical (unpaired) electrons. The van der Waals surface area contributed by atoms with Crippen LogP contribution in [-0.4, -0.2) is 4.98 Å². The fourth-order valence-electron chi connectivity index (χ4n) is 2.39. The number of fused-ring (bicyclic) bond motifs is 1. The smallest absolute Gasteiger partial charge is 0.188 e. The van der Waals surface area contributed by atoms with Crippen molar-refractivity contribution in [2.75, 3.05) is 5.32 Å². The predicted molar refractivity (Wildman–Crippen MR) is 88.2 cm³/mol. The van der Waals surface area contributed by atoms with Gasteiger partial charge in [0.1, 0.15) is 0 Å². The number of thiazole rings is 1. The maximum atomic E-state index is 4.67. The summed E-state index contributed by atoms with van der Waals surface area (Å²) in [6, 6.07) is 12.8. The van der Waals surface area contributed by atoms with Gasteiger partial charge < -0.3 is 5.32 Å². The molecule has 2 nitrogen and oxygen atoms in total. The number of rotatable bonds is 3. The van der Waals surface area contributed by atoms with E-state index in [1.807, 2.05) is 0 Å². The first-order chi connectivity index (χ1) is 9.67. The lowest BCUT2D eigenvalue weighted by atomic mass is 10.1. The minimum Gasteiger partial charge on any atom is -0.331 e. The van der Waals surface area contributed by atoms with Gasteiger partial charge in [-0.25, -0.2) is 4.98 Å². The minimum atomic E-state index is 0.967. The fourth-order valence-corrected chi connectivity index (χ4v) is 3.36. The summed E-state index contributed by atoms with van der Waals surface area (Å²) in [7, 11) is 0. The average molecular weight is 282 g/mol. The fraction of sp³-hybridized carbons (Fsp3) is 0.235. The molecule has 0 saturated heterocycles. The van der Waals surface area contributed by atoms with Gasteiger partial charge in [0.2, 0.25) is 0 Å². The second-order valence-corrected chi connectivity index (χ2v) is 6.11. The van der Waals surface area contributed by atoms with Gasteiger partial charge in [0.05, 0.1) is 10.2 Å². The molecule has 0 aliphatic rings. The van der Waals surface area contributed by atoms with E-state index >= 15 is 0 Å². The Kier molecular flexibility index (Phi) is 3.45. The van der Waals surface area contributed by atoms with Crippen LogP contribution in [0, 0.1) is 13.8 Å². The molecule has 0 spiro atoms. The number of anilines is 2. The number of hydrogen-bond donors (Lipinski definition) is 1. The summed E-state index contributed by atoms with van der Waals surface area (Å²) in [4.78, 5) is 4.67. The summed E-state index contributed by atoms with van der Waals surface area (Å²) < 4.78 is 1.24. The molecule has 1 aromatic heterocycles. The third kappa shape index (κ3) is 2.41. The summed E-state index contributed by atoms with van der Waals surface area (Å²) in [5.74, 6) is 0. The van der Waals surface area contributed by atoms with Crippen molar-refractivity contribution in [1.82, 2.24) is 4.98 Å². The molecule has 3 aromatic rings. The van der Waals surface area contributed by atoms with Crippen molar-refractivity contribution in [2.24, 2.45) is 0 Å². The molecule has 0 aliphatic heterocycles. The summed E-state index contributed by atoms with van der Waals surface area (Å²) in [6.07, 6.45) is 1.02. The SMILES string of the molecule is CCc1cccc(C)c1Nc1nc2ccc(C)cc2s1. The van der Waals surface area contributed by atoms with Crippen molar-refractivity contribution < 1.29 is 0 Å². The van der Waals surface area contributed by atoms with Gasteiger partial charge in [-0.1, -0.05) is 42.5 Å². The number of hydrogen-bond acceptors (Lipinski definition) is 3. The highest BCUT2D eigenvalue weighted by Crippen LogP contribution is 2.31. The van der Waals surface area contributed by atoms with Crippen LogP contribution in [0.3, 0.4) is 0 Å². The highest BCUT2D eigenvalue weighted by Gasteiger charge is 2.08. The Bertz CT molecular complexity index is 759. The van der Waals surface area contributed by atoms with Gasteiger partial charge in [0, 0.05) is 5.69 Å².